The summed E-state index contributed by atoms with van der Waals surface area (Å²) in [4.78, 5) is 4.10. The van der Waals surface area contributed by atoms with Gasteiger partial charge >= 0.3 is 0 Å². The van der Waals surface area contributed by atoms with Crippen LogP contribution < -0.4 is 5.32 Å². The Labute approximate surface area is 86.4 Å². The van der Waals surface area contributed by atoms with Crippen LogP contribution >= 0.6 is 0 Å². The van der Waals surface area contributed by atoms with Crippen LogP contribution in [0.5, 0.6) is 0 Å². The molecule has 1 N–H and O–H groups in total. The summed E-state index contributed by atoms with van der Waals surface area (Å²) in [5.74, 6) is 1.29. The number of pyridine rings is 1. The Hall–Kier alpha value is -0.740. The van der Waals surface area contributed by atoms with E-state index in [4.69, 9.17) is 0 Å². The zero-order valence-corrected chi connectivity index (χ0v) is 8.80. The van der Waals surface area contributed by atoms with Crippen molar-refractivity contribution in [3.8, 4) is 0 Å². The summed E-state index contributed by atoms with van der Waals surface area (Å²) < 4.78 is 11.8. The Kier molecular flexibility index (Phi) is 3.26. The highest BCUT2D eigenvalue weighted by Crippen LogP contribution is 2.12. The lowest BCUT2D eigenvalue weighted by Crippen LogP contribution is -2.15. The van der Waals surface area contributed by atoms with Gasteiger partial charge in [-0.1, -0.05) is 6.07 Å². The van der Waals surface area contributed by atoms with Gasteiger partial charge in [0.1, 0.15) is 5.03 Å². The van der Waals surface area contributed by atoms with Crippen molar-refractivity contribution in [1.29, 1.82) is 0 Å². The van der Waals surface area contributed by atoms with Gasteiger partial charge in [-0.25, -0.2) is 4.98 Å². The normalized spacial score (nSPS) is 23.6. The maximum absolute atomic E-state index is 11.8. The van der Waals surface area contributed by atoms with Crippen LogP contribution in [0.2, 0.25) is 0 Å². The Balaban J connectivity index is 1.95. The third-order valence-corrected chi connectivity index (χ3v) is 3.90. The van der Waals surface area contributed by atoms with Crippen molar-refractivity contribution in [3.63, 3.8) is 0 Å². The molecule has 0 aliphatic carbocycles. The van der Waals surface area contributed by atoms with E-state index in [2.05, 4.69) is 10.3 Å². The second-order valence-corrected chi connectivity index (χ2v) is 4.98. The number of hydrogen-bond donors (Lipinski definition) is 1. The molecule has 1 fully saturated rings. The van der Waals surface area contributed by atoms with E-state index in [1.807, 2.05) is 18.2 Å². The van der Waals surface area contributed by atoms with E-state index in [0.717, 1.165) is 25.3 Å². The van der Waals surface area contributed by atoms with Gasteiger partial charge in [-0.2, -0.15) is 0 Å². The van der Waals surface area contributed by atoms with E-state index in [1.165, 1.54) is 0 Å². The van der Waals surface area contributed by atoms with Gasteiger partial charge in [-0.3, -0.25) is 4.21 Å². The molecule has 1 saturated heterocycles. The van der Waals surface area contributed by atoms with Gasteiger partial charge in [0.2, 0.25) is 0 Å². The van der Waals surface area contributed by atoms with Gasteiger partial charge < -0.3 is 5.32 Å². The highest BCUT2D eigenvalue weighted by atomic mass is 32.2. The van der Waals surface area contributed by atoms with Crippen molar-refractivity contribution in [2.75, 3.05) is 18.8 Å². The van der Waals surface area contributed by atoms with Crippen LogP contribution in [-0.2, 0) is 10.8 Å². The van der Waals surface area contributed by atoms with Crippen LogP contribution in [0, 0.1) is 5.92 Å². The zero-order chi connectivity index (χ0) is 9.80. The Morgan fingerprint density at radius 2 is 2.50 bits per heavy atom. The predicted molar refractivity (Wildman–Crippen MR) is 56.5 cm³/mol. The van der Waals surface area contributed by atoms with Gasteiger partial charge in [0.25, 0.3) is 0 Å². The summed E-state index contributed by atoms with van der Waals surface area (Å²) >= 11 is 0. The molecule has 0 unspecified atom stereocenters. The molecule has 1 aromatic heterocycles. The Bertz CT molecular complexity index is 309. The largest absolute Gasteiger partial charge is 0.316 e. The van der Waals surface area contributed by atoms with Gasteiger partial charge in [0.15, 0.2) is 0 Å². The SMILES string of the molecule is O=[S@@](C[C@@H]1CCNC1)c1ccccn1. The van der Waals surface area contributed by atoms with E-state index < -0.39 is 10.8 Å². The van der Waals surface area contributed by atoms with Crippen molar-refractivity contribution in [2.45, 2.75) is 11.4 Å². The number of nitrogens with zero attached hydrogens (tertiary/aromatic N) is 1. The second kappa shape index (κ2) is 4.66. The van der Waals surface area contributed by atoms with Gasteiger partial charge in [-0.05, 0) is 37.6 Å². The minimum atomic E-state index is -0.924. The molecule has 0 bridgehead atoms. The monoisotopic (exact) mass is 210 g/mol. The lowest BCUT2D eigenvalue weighted by atomic mass is 10.2. The van der Waals surface area contributed by atoms with E-state index in [-0.39, 0.29) is 0 Å². The summed E-state index contributed by atoms with van der Waals surface area (Å²) in [7, 11) is -0.924. The van der Waals surface area contributed by atoms with Crippen molar-refractivity contribution in [3.05, 3.63) is 24.4 Å². The summed E-state index contributed by atoms with van der Waals surface area (Å²) in [6.45, 7) is 2.06. The lowest BCUT2D eigenvalue weighted by Gasteiger charge is -2.06. The summed E-state index contributed by atoms with van der Waals surface area (Å²) in [5, 5.41) is 3.98. The zero-order valence-electron chi connectivity index (χ0n) is 7.98. The first-order valence-electron chi connectivity index (χ1n) is 4.86. The van der Waals surface area contributed by atoms with Crippen molar-refractivity contribution >= 4 is 10.8 Å². The van der Waals surface area contributed by atoms with Gasteiger partial charge in [0, 0.05) is 11.9 Å². The Morgan fingerprint density at radius 1 is 1.57 bits per heavy atom. The van der Waals surface area contributed by atoms with E-state index in [1.54, 1.807) is 6.20 Å². The van der Waals surface area contributed by atoms with Crippen LogP contribution in [0.1, 0.15) is 6.42 Å². The molecule has 0 aromatic carbocycles. The quantitative estimate of drug-likeness (QED) is 0.802. The van der Waals surface area contributed by atoms with Crippen LogP contribution in [0.15, 0.2) is 29.4 Å². The van der Waals surface area contributed by atoms with Crippen LogP contribution in [-0.4, -0.2) is 28.0 Å². The minimum absolute atomic E-state index is 0.554. The molecule has 0 radical (unpaired) electrons. The number of aromatic nitrogens is 1. The summed E-state index contributed by atoms with van der Waals surface area (Å²) in [6, 6.07) is 5.56. The van der Waals surface area contributed by atoms with Crippen molar-refractivity contribution < 1.29 is 4.21 Å². The van der Waals surface area contributed by atoms with Crippen molar-refractivity contribution in [1.82, 2.24) is 10.3 Å². The van der Waals surface area contributed by atoms with E-state index >= 15 is 0 Å². The first kappa shape index (κ1) is 9.80. The van der Waals surface area contributed by atoms with Crippen molar-refractivity contribution in [2.24, 2.45) is 5.92 Å². The third-order valence-electron chi connectivity index (χ3n) is 2.42. The number of nitrogens with one attached hydrogen (secondary N) is 1. The molecule has 1 aliphatic heterocycles. The molecule has 2 rings (SSSR count). The average Bonchev–Trinajstić information content (AvgIpc) is 2.72. The molecular formula is C10H14N2OS. The molecule has 1 aliphatic rings. The molecule has 2 atom stereocenters. The second-order valence-electron chi connectivity index (χ2n) is 3.54. The summed E-state index contributed by atoms with van der Waals surface area (Å²) in [5.41, 5.74) is 0. The third kappa shape index (κ3) is 2.39. The molecule has 0 spiro atoms. The maximum Gasteiger partial charge on any atom is 0.127 e. The molecule has 3 nitrogen and oxygen atoms in total. The molecule has 4 heteroatoms. The molecular weight excluding hydrogens is 196 g/mol. The standard InChI is InChI=1S/C10H14N2OS/c13-14(8-9-4-6-11-7-9)10-3-1-2-5-12-10/h1-3,5,9,11H,4,6-8H2/t9-,14+/m1/s1. The topological polar surface area (TPSA) is 42.0 Å². The highest BCUT2D eigenvalue weighted by molar-refractivity contribution is 7.84. The van der Waals surface area contributed by atoms with Gasteiger partial charge in [-0.15, -0.1) is 0 Å². The first-order valence-corrected chi connectivity index (χ1v) is 6.18. The molecule has 1 aromatic rings. The fourth-order valence-electron chi connectivity index (χ4n) is 1.64. The molecule has 14 heavy (non-hydrogen) atoms. The van der Waals surface area contributed by atoms with E-state index in [9.17, 15) is 4.21 Å². The number of hydrogen-bond acceptors (Lipinski definition) is 3. The smallest absolute Gasteiger partial charge is 0.127 e. The molecule has 0 amide bonds. The molecule has 76 valence electrons. The minimum Gasteiger partial charge on any atom is -0.316 e. The van der Waals surface area contributed by atoms with Crippen LogP contribution in [0.3, 0.4) is 0 Å². The maximum atomic E-state index is 11.8. The lowest BCUT2D eigenvalue weighted by molar-refractivity contribution is 0.631. The first-order chi connectivity index (χ1) is 6.86. The average molecular weight is 210 g/mol. The molecule has 2 heterocycles. The summed E-state index contributed by atoms with van der Waals surface area (Å²) in [6.07, 6.45) is 2.83. The molecule has 0 saturated carbocycles. The number of rotatable bonds is 3. The Morgan fingerprint density at radius 3 is 3.14 bits per heavy atom. The fourth-order valence-corrected chi connectivity index (χ4v) is 2.93. The van der Waals surface area contributed by atoms with Crippen LogP contribution in [0.25, 0.3) is 0 Å². The van der Waals surface area contributed by atoms with E-state index in [0.29, 0.717) is 10.9 Å². The fraction of sp³-hybridized carbons (Fsp3) is 0.500. The van der Waals surface area contributed by atoms with Crippen LogP contribution in [0.4, 0.5) is 0 Å². The van der Waals surface area contributed by atoms with Gasteiger partial charge in [0.05, 0.1) is 10.8 Å². The predicted octanol–water partition coefficient (Wildman–Crippen LogP) is 0.799. The highest BCUT2D eigenvalue weighted by Gasteiger charge is 2.18.